The minimum absolute atomic E-state index is 0.241. The standard InChI is InChI=1S/C27H28BrNO5S/c1-5-17-8-11-19(12-9-17)20-16-35-26(24(20)27(31)34-7-3)29-23(30)13-10-18-14-21(28)25(33-6-2)22(15-18)32-4/h8-16H,5-7H2,1-4H3,(H,29,30)/b13-10+. The van der Waals surface area contributed by atoms with E-state index < -0.39 is 5.97 Å². The van der Waals surface area contributed by atoms with E-state index >= 15 is 0 Å². The SMILES string of the molecule is CCOC(=O)c1c(-c2ccc(CC)cc2)csc1NC(=O)/C=C/c1cc(Br)c(OCC)c(OC)c1. The molecular weight excluding hydrogens is 530 g/mol. The van der Waals surface area contributed by atoms with E-state index in [4.69, 9.17) is 14.2 Å². The first-order valence-corrected chi connectivity index (χ1v) is 13.0. The largest absolute Gasteiger partial charge is 0.493 e. The highest BCUT2D eigenvalue weighted by molar-refractivity contribution is 9.10. The van der Waals surface area contributed by atoms with Gasteiger partial charge in [-0.05, 0) is 71.1 Å². The fraction of sp³-hybridized carbons (Fsp3) is 0.259. The normalized spacial score (nSPS) is 10.9. The van der Waals surface area contributed by atoms with Crippen LogP contribution in [0, 0.1) is 0 Å². The van der Waals surface area contributed by atoms with Gasteiger partial charge in [-0.1, -0.05) is 31.2 Å². The Labute approximate surface area is 218 Å². The molecule has 0 unspecified atom stereocenters. The van der Waals surface area contributed by atoms with E-state index in [1.165, 1.54) is 23.0 Å². The monoisotopic (exact) mass is 557 g/mol. The zero-order valence-corrected chi connectivity index (χ0v) is 22.5. The molecule has 8 heteroatoms. The molecule has 1 aromatic heterocycles. The van der Waals surface area contributed by atoms with Crippen LogP contribution in [0.4, 0.5) is 5.00 Å². The van der Waals surface area contributed by atoms with Crippen LogP contribution >= 0.6 is 27.3 Å². The van der Waals surface area contributed by atoms with Crippen molar-refractivity contribution in [3.05, 3.63) is 69.0 Å². The van der Waals surface area contributed by atoms with Crippen molar-refractivity contribution in [2.45, 2.75) is 27.2 Å². The quantitative estimate of drug-likeness (QED) is 0.215. The highest BCUT2D eigenvalue weighted by atomic mass is 79.9. The van der Waals surface area contributed by atoms with E-state index in [0.717, 1.165) is 27.6 Å². The molecule has 0 saturated carbocycles. The zero-order valence-electron chi connectivity index (χ0n) is 20.1. The number of anilines is 1. The zero-order chi connectivity index (χ0) is 25.4. The second-order valence-electron chi connectivity index (χ2n) is 7.41. The highest BCUT2D eigenvalue weighted by Crippen LogP contribution is 2.38. The van der Waals surface area contributed by atoms with Crippen LogP contribution in [0.15, 0.2) is 52.3 Å². The summed E-state index contributed by atoms with van der Waals surface area (Å²) in [6.45, 7) is 6.48. The van der Waals surface area contributed by atoms with Gasteiger partial charge in [0.1, 0.15) is 10.6 Å². The number of hydrogen-bond acceptors (Lipinski definition) is 6. The Hall–Kier alpha value is -3.10. The van der Waals surface area contributed by atoms with Crippen molar-refractivity contribution in [1.82, 2.24) is 0 Å². The Morgan fingerprint density at radius 1 is 1.09 bits per heavy atom. The topological polar surface area (TPSA) is 73.9 Å². The molecule has 184 valence electrons. The lowest BCUT2D eigenvalue weighted by Gasteiger charge is -2.12. The Morgan fingerprint density at radius 2 is 1.83 bits per heavy atom. The van der Waals surface area contributed by atoms with Crippen molar-refractivity contribution in [3.8, 4) is 22.6 Å². The Kier molecular flexibility index (Phi) is 9.51. The summed E-state index contributed by atoms with van der Waals surface area (Å²) in [5.74, 6) is 0.327. The first-order valence-electron chi connectivity index (χ1n) is 11.3. The predicted octanol–water partition coefficient (Wildman–Crippen LogP) is 6.98. The van der Waals surface area contributed by atoms with Gasteiger partial charge in [0.05, 0.1) is 24.8 Å². The number of ether oxygens (including phenoxy) is 3. The van der Waals surface area contributed by atoms with E-state index in [-0.39, 0.29) is 12.5 Å². The van der Waals surface area contributed by atoms with Gasteiger partial charge in [-0.15, -0.1) is 11.3 Å². The van der Waals surface area contributed by atoms with Crippen molar-refractivity contribution in [1.29, 1.82) is 0 Å². The molecule has 0 spiro atoms. The van der Waals surface area contributed by atoms with E-state index in [2.05, 4.69) is 28.2 Å². The van der Waals surface area contributed by atoms with E-state index in [0.29, 0.717) is 28.7 Å². The van der Waals surface area contributed by atoms with Crippen molar-refractivity contribution in [2.75, 3.05) is 25.6 Å². The molecule has 0 radical (unpaired) electrons. The second kappa shape index (κ2) is 12.6. The van der Waals surface area contributed by atoms with Crippen LogP contribution in [0.25, 0.3) is 17.2 Å². The predicted molar refractivity (Wildman–Crippen MR) is 145 cm³/mol. The molecule has 0 aliphatic rings. The molecule has 6 nitrogen and oxygen atoms in total. The molecule has 35 heavy (non-hydrogen) atoms. The number of benzene rings is 2. The summed E-state index contributed by atoms with van der Waals surface area (Å²) in [6.07, 6.45) is 4.01. The molecular formula is C27H28BrNO5S. The number of methoxy groups -OCH3 is 1. The molecule has 0 bridgehead atoms. The molecule has 0 fully saturated rings. The maximum Gasteiger partial charge on any atom is 0.341 e. The molecule has 3 rings (SSSR count). The van der Waals surface area contributed by atoms with Gasteiger partial charge in [-0.3, -0.25) is 4.79 Å². The van der Waals surface area contributed by atoms with E-state index in [1.807, 2.05) is 42.6 Å². The maximum atomic E-state index is 12.8. The molecule has 1 heterocycles. The summed E-state index contributed by atoms with van der Waals surface area (Å²) < 4.78 is 17.0. The molecule has 1 N–H and O–H groups in total. The van der Waals surface area contributed by atoms with Gasteiger partial charge < -0.3 is 19.5 Å². The molecule has 1 amide bonds. The average molecular weight is 558 g/mol. The Bertz CT molecular complexity index is 1220. The number of esters is 1. The van der Waals surface area contributed by atoms with Gasteiger partial charge in [0.15, 0.2) is 11.5 Å². The minimum atomic E-state index is -0.470. The summed E-state index contributed by atoms with van der Waals surface area (Å²) >= 11 is 4.78. The van der Waals surface area contributed by atoms with E-state index in [9.17, 15) is 9.59 Å². The van der Waals surface area contributed by atoms with Gasteiger partial charge in [-0.25, -0.2) is 4.79 Å². The van der Waals surface area contributed by atoms with Crippen LogP contribution in [-0.2, 0) is 16.0 Å². The van der Waals surface area contributed by atoms with Crippen molar-refractivity contribution < 1.29 is 23.8 Å². The first kappa shape index (κ1) is 26.5. The molecule has 3 aromatic rings. The lowest BCUT2D eigenvalue weighted by molar-refractivity contribution is -0.111. The van der Waals surface area contributed by atoms with Crippen LogP contribution in [0.3, 0.4) is 0 Å². The number of carbonyl (C=O) groups is 2. The lowest BCUT2D eigenvalue weighted by Crippen LogP contribution is -2.12. The summed E-state index contributed by atoms with van der Waals surface area (Å²) in [6, 6.07) is 11.6. The molecule has 0 atom stereocenters. The third kappa shape index (κ3) is 6.52. The van der Waals surface area contributed by atoms with Gasteiger partial charge in [0.2, 0.25) is 5.91 Å². The number of amides is 1. The molecule has 0 saturated heterocycles. The lowest BCUT2D eigenvalue weighted by atomic mass is 10.0. The first-order chi connectivity index (χ1) is 16.9. The Balaban J connectivity index is 1.86. The fourth-order valence-electron chi connectivity index (χ4n) is 3.43. The van der Waals surface area contributed by atoms with E-state index in [1.54, 1.807) is 26.2 Å². The second-order valence-corrected chi connectivity index (χ2v) is 9.15. The van der Waals surface area contributed by atoms with Gasteiger partial charge >= 0.3 is 5.97 Å². The number of nitrogens with one attached hydrogen (secondary N) is 1. The van der Waals surface area contributed by atoms with Crippen LogP contribution in [0.2, 0.25) is 0 Å². The number of aryl methyl sites for hydroxylation is 1. The smallest absolute Gasteiger partial charge is 0.341 e. The fourth-order valence-corrected chi connectivity index (χ4v) is 4.97. The van der Waals surface area contributed by atoms with Gasteiger partial charge in [0, 0.05) is 17.0 Å². The molecule has 0 aliphatic heterocycles. The summed E-state index contributed by atoms with van der Waals surface area (Å²) in [7, 11) is 1.56. The summed E-state index contributed by atoms with van der Waals surface area (Å²) in [5, 5.41) is 5.14. The van der Waals surface area contributed by atoms with Crippen molar-refractivity contribution in [2.24, 2.45) is 0 Å². The number of rotatable bonds is 10. The van der Waals surface area contributed by atoms with Gasteiger partial charge in [0.25, 0.3) is 0 Å². The van der Waals surface area contributed by atoms with Crippen LogP contribution in [0.1, 0.15) is 42.3 Å². The van der Waals surface area contributed by atoms with Crippen LogP contribution in [0.5, 0.6) is 11.5 Å². The van der Waals surface area contributed by atoms with Crippen molar-refractivity contribution >= 4 is 50.2 Å². The number of carbonyl (C=O) groups excluding carboxylic acids is 2. The van der Waals surface area contributed by atoms with Gasteiger partial charge in [-0.2, -0.15) is 0 Å². The Morgan fingerprint density at radius 3 is 2.46 bits per heavy atom. The molecule has 0 aliphatic carbocycles. The van der Waals surface area contributed by atoms with Crippen molar-refractivity contribution in [3.63, 3.8) is 0 Å². The van der Waals surface area contributed by atoms with Crippen LogP contribution < -0.4 is 14.8 Å². The minimum Gasteiger partial charge on any atom is -0.493 e. The number of thiophene rings is 1. The molecule has 2 aromatic carbocycles. The number of halogens is 1. The maximum absolute atomic E-state index is 12.8. The highest BCUT2D eigenvalue weighted by Gasteiger charge is 2.22. The number of hydrogen-bond donors (Lipinski definition) is 1. The summed E-state index contributed by atoms with van der Waals surface area (Å²) in [4.78, 5) is 25.5. The summed E-state index contributed by atoms with van der Waals surface area (Å²) in [5.41, 5.74) is 3.94. The third-order valence-electron chi connectivity index (χ3n) is 5.15. The third-order valence-corrected chi connectivity index (χ3v) is 6.63. The van der Waals surface area contributed by atoms with Crippen LogP contribution in [-0.4, -0.2) is 32.2 Å². The average Bonchev–Trinajstić information content (AvgIpc) is 3.27.